The highest BCUT2D eigenvalue weighted by molar-refractivity contribution is 7.89. The Morgan fingerprint density at radius 2 is 1.81 bits per heavy atom. The molecule has 4 aromatic rings. The highest BCUT2D eigenvalue weighted by Gasteiger charge is 2.28. The molecule has 164 valence electrons. The number of hydrogen-bond donors (Lipinski definition) is 0. The summed E-state index contributed by atoms with van der Waals surface area (Å²) in [6.07, 6.45) is 0. The molecule has 0 radical (unpaired) electrons. The summed E-state index contributed by atoms with van der Waals surface area (Å²) < 4.78 is 32.2. The van der Waals surface area contributed by atoms with Crippen LogP contribution in [0, 0.1) is 13.8 Å². The van der Waals surface area contributed by atoms with Gasteiger partial charge >= 0.3 is 0 Å². The number of hydrogen-bond acceptors (Lipinski definition) is 6. The zero-order valence-corrected chi connectivity index (χ0v) is 19.0. The summed E-state index contributed by atoms with van der Waals surface area (Å²) >= 11 is 0. The molecule has 3 heterocycles. The molecule has 0 unspecified atom stereocenters. The van der Waals surface area contributed by atoms with Crippen molar-refractivity contribution in [1.29, 1.82) is 0 Å². The minimum Gasteiger partial charge on any atom is -0.277 e. The van der Waals surface area contributed by atoms with Crippen LogP contribution in [0.15, 0.2) is 34.0 Å². The number of aromatic nitrogens is 6. The molecule has 11 heteroatoms. The summed E-state index contributed by atoms with van der Waals surface area (Å²) in [4.78, 5) is 13.0. The molecule has 10 nitrogen and oxygen atoms in total. The molecule has 0 fully saturated rings. The lowest BCUT2D eigenvalue weighted by Gasteiger charge is -2.15. The van der Waals surface area contributed by atoms with Crippen molar-refractivity contribution >= 4 is 26.7 Å². The first kappa shape index (κ1) is 21.2. The fourth-order valence-electron chi connectivity index (χ4n) is 3.87. The van der Waals surface area contributed by atoms with E-state index in [1.807, 2.05) is 29.5 Å². The third kappa shape index (κ3) is 3.15. The minimum absolute atomic E-state index is 0.119. The van der Waals surface area contributed by atoms with Gasteiger partial charge in [-0.05, 0) is 32.9 Å². The molecule has 31 heavy (non-hydrogen) atoms. The SMILES string of the molecule is CCN(C)S(=O)(=O)c1c(C)nn(Cc2nnc3n(CC)c(=O)c4ccccc4n23)c1C. The number of sulfonamides is 1. The number of benzene rings is 1. The first-order valence-corrected chi connectivity index (χ1v) is 11.5. The van der Waals surface area contributed by atoms with Gasteiger partial charge in [0.2, 0.25) is 15.8 Å². The van der Waals surface area contributed by atoms with Crippen LogP contribution in [0.25, 0.3) is 16.7 Å². The number of fused-ring (bicyclic) bond motifs is 3. The van der Waals surface area contributed by atoms with E-state index in [0.29, 0.717) is 47.0 Å². The second-order valence-electron chi connectivity index (χ2n) is 7.39. The molecule has 0 N–H and O–H groups in total. The van der Waals surface area contributed by atoms with Crippen LogP contribution in [0.2, 0.25) is 0 Å². The van der Waals surface area contributed by atoms with E-state index in [1.165, 1.54) is 4.31 Å². The fourth-order valence-corrected chi connectivity index (χ4v) is 5.41. The van der Waals surface area contributed by atoms with Gasteiger partial charge in [0.1, 0.15) is 11.4 Å². The Balaban J connectivity index is 1.91. The maximum absolute atomic E-state index is 12.9. The number of nitrogens with zero attached hydrogens (tertiary/aromatic N) is 7. The number of para-hydroxylation sites is 1. The van der Waals surface area contributed by atoms with E-state index in [1.54, 1.807) is 43.1 Å². The largest absolute Gasteiger partial charge is 0.277 e. The van der Waals surface area contributed by atoms with Crippen molar-refractivity contribution in [3.8, 4) is 0 Å². The van der Waals surface area contributed by atoms with Gasteiger partial charge in [0.15, 0.2) is 5.82 Å². The lowest BCUT2D eigenvalue weighted by atomic mass is 10.2. The van der Waals surface area contributed by atoms with Crippen molar-refractivity contribution in [3.63, 3.8) is 0 Å². The third-order valence-electron chi connectivity index (χ3n) is 5.61. The first-order chi connectivity index (χ1) is 14.7. The van der Waals surface area contributed by atoms with Crippen molar-refractivity contribution in [3.05, 3.63) is 51.8 Å². The van der Waals surface area contributed by atoms with Gasteiger partial charge in [0, 0.05) is 20.1 Å². The van der Waals surface area contributed by atoms with E-state index < -0.39 is 10.0 Å². The van der Waals surface area contributed by atoms with Crippen LogP contribution >= 0.6 is 0 Å². The Labute approximate surface area is 179 Å². The molecular formula is C20H25N7O3S. The lowest BCUT2D eigenvalue weighted by Crippen LogP contribution is -2.27. The predicted molar refractivity (Wildman–Crippen MR) is 117 cm³/mol. The zero-order chi connectivity index (χ0) is 22.5. The van der Waals surface area contributed by atoms with E-state index in [9.17, 15) is 13.2 Å². The molecule has 0 aliphatic heterocycles. The predicted octanol–water partition coefficient (Wildman–Crippen LogP) is 1.57. The second-order valence-corrected chi connectivity index (χ2v) is 9.38. The number of aryl methyl sites for hydroxylation is 2. The minimum atomic E-state index is -3.64. The van der Waals surface area contributed by atoms with Gasteiger partial charge in [0.05, 0.1) is 22.3 Å². The monoisotopic (exact) mass is 443 g/mol. The Morgan fingerprint density at radius 1 is 1.10 bits per heavy atom. The molecule has 0 aliphatic carbocycles. The molecule has 0 atom stereocenters. The Hall–Kier alpha value is -3.05. The molecule has 3 aromatic heterocycles. The van der Waals surface area contributed by atoms with E-state index in [4.69, 9.17) is 0 Å². The van der Waals surface area contributed by atoms with Crippen LogP contribution in [0.3, 0.4) is 0 Å². The van der Waals surface area contributed by atoms with Crippen molar-refractivity contribution in [1.82, 2.24) is 33.3 Å². The van der Waals surface area contributed by atoms with Gasteiger partial charge in [-0.2, -0.15) is 5.10 Å². The molecule has 0 aliphatic rings. The quantitative estimate of drug-likeness (QED) is 0.448. The molecule has 1 aromatic carbocycles. The summed E-state index contributed by atoms with van der Waals surface area (Å²) in [5.41, 5.74) is 1.54. The van der Waals surface area contributed by atoms with Crippen molar-refractivity contribution in [2.45, 2.75) is 45.7 Å². The number of rotatable bonds is 6. The normalized spacial score (nSPS) is 12.5. The van der Waals surface area contributed by atoms with E-state index >= 15 is 0 Å². The van der Waals surface area contributed by atoms with Crippen molar-refractivity contribution in [2.24, 2.45) is 0 Å². The first-order valence-electron chi connectivity index (χ1n) is 10.1. The van der Waals surface area contributed by atoms with Gasteiger partial charge in [-0.3, -0.25) is 18.4 Å². The van der Waals surface area contributed by atoms with E-state index in [-0.39, 0.29) is 17.0 Å². The zero-order valence-electron chi connectivity index (χ0n) is 18.2. The maximum Gasteiger partial charge on any atom is 0.262 e. The average molecular weight is 444 g/mol. The fraction of sp³-hybridized carbons (Fsp3) is 0.400. The molecule has 0 saturated carbocycles. The second kappa shape index (κ2) is 7.57. The Bertz CT molecular complexity index is 1460. The molecule has 0 saturated heterocycles. The lowest BCUT2D eigenvalue weighted by molar-refractivity contribution is 0.485. The standard InChI is InChI=1S/C20H25N7O3S/c1-6-24(5)31(29,30)18-13(3)23-26(14(18)4)12-17-21-22-20-25(7-2)19(28)15-10-8-9-11-16(15)27(17)20/h8-11H,6-7,12H2,1-5H3. The van der Waals surface area contributed by atoms with Gasteiger partial charge in [-0.25, -0.2) is 12.7 Å². The van der Waals surface area contributed by atoms with Crippen LogP contribution < -0.4 is 5.56 Å². The average Bonchev–Trinajstić information content (AvgIpc) is 3.28. The van der Waals surface area contributed by atoms with Crippen LogP contribution in [0.1, 0.15) is 31.1 Å². The third-order valence-corrected chi connectivity index (χ3v) is 7.80. The van der Waals surface area contributed by atoms with Gasteiger partial charge in [-0.1, -0.05) is 19.1 Å². The molecule has 0 spiro atoms. The van der Waals surface area contributed by atoms with Crippen LogP contribution in [0.5, 0.6) is 0 Å². The molecule has 0 amide bonds. The van der Waals surface area contributed by atoms with Gasteiger partial charge in [0.25, 0.3) is 5.56 Å². The Morgan fingerprint density at radius 3 is 2.48 bits per heavy atom. The summed E-state index contributed by atoms with van der Waals surface area (Å²) in [7, 11) is -2.09. The maximum atomic E-state index is 12.9. The summed E-state index contributed by atoms with van der Waals surface area (Å²) in [6, 6.07) is 7.31. The summed E-state index contributed by atoms with van der Waals surface area (Å²) in [5, 5.41) is 13.6. The molecule has 0 bridgehead atoms. The Kier molecular flexibility index (Phi) is 5.18. The van der Waals surface area contributed by atoms with Crippen LogP contribution in [0.4, 0.5) is 0 Å². The van der Waals surface area contributed by atoms with Crippen molar-refractivity contribution < 1.29 is 8.42 Å². The smallest absolute Gasteiger partial charge is 0.262 e. The van der Waals surface area contributed by atoms with Crippen LogP contribution in [-0.2, 0) is 23.1 Å². The van der Waals surface area contributed by atoms with Gasteiger partial charge < -0.3 is 0 Å². The van der Waals surface area contributed by atoms with E-state index in [0.717, 1.165) is 0 Å². The topological polar surface area (TPSA) is 107 Å². The summed E-state index contributed by atoms with van der Waals surface area (Å²) in [6.45, 7) is 8.12. The van der Waals surface area contributed by atoms with Crippen molar-refractivity contribution in [2.75, 3.05) is 13.6 Å². The highest BCUT2D eigenvalue weighted by Crippen LogP contribution is 2.23. The van der Waals surface area contributed by atoms with Gasteiger partial charge in [-0.15, -0.1) is 10.2 Å². The molecule has 4 rings (SSSR count). The highest BCUT2D eigenvalue weighted by atomic mass is 32.2. The van der Waals surface area contributed by atoms with Crippen LogP contribution in [-0.4, -0.2) is 55.3 Å². The summed E-state index contributed by atoms with van der Waals surface area (Å²) in [5.74, 6) is 1.01. The molecular weight excluding hydrogens is 418 g/mol. The van der Waals surface area contributed by atoms with E-state index in [2.05, 4.69) is 15.3 Å².